The Kier molecular flexibility index (Phi) is 3.64. The van der Waals surface area contributed by atoms with Crippen molar-refractivity contribution in [3.8, 4) is 0 Å². The van der Waals surface area contributed by atoms with Crippen LogP contribution < -0.4 is 18.9 Å². The maximum absolute atomic E-state index is 3.88. The Labute approximate surface area is 74.8 Å². The molecule has 0 amide bonds. The minimum atomic E-state index is 0. The van der Waals surface area contributed by atoms with Gasteiger partial charge in [-0.25, -0.2) is 0 Å². The molecule has 1 aromatic carbocycles. The van der Waals surface area contributed by atoms with Crippen LogP contribution in [0.25, 0.3) is 0 Å². The van der Waals surface area contributed by atoms with Gasteiger partial charge in [0.1, 0.15) is 0 Å². The Balaban J connectivity index is 0.000000810. The number of hydrogen-bond donors (Lipinski definition) is 0. The molecule has 48 valence electrons. The van der Waals surface area contributed by atoms with E-state index in [2.05, 4.69) is 39.0 Å². The molecule has 1 rings (SSSR count). The molecule has 0 aliphatic heterocycles. The summed E-state index contributed by atoms with van der Waals surface area (Å²) in [7, 11) is 0. The standard InChI is InChI=1S/C9H11.Li/c1-7-4-5-8(2)9(3)6-7;/h4-6H,3H2,1-2H3;/q-1;+1. The zero-order valence-corrected chi connectivity index (χ0v) is 6.94. The van der Waals surface area contributed by atoms with E-state index < -0.39 is 0 Å². The van der Waals surface area contributed by atoms with Crippen LogP contribution in [0.1, 0.15) is 16.7 Å². The van der Waals surface area contributed by atoms with E-state index >= 15 is 0 Å². The van der Waals surface area contributed by atoms with Crippen LogP contribution in [0.5, 0.6) is 0 Å². The Morgan fingerprint density at radius 3 is 2.20 bits per heavy atom. The third-order valence-corrected chi connectivity index (χ3v) is 1.50. The van der Waals surface area contributed by atoms with E-state index in [1.807, 2.05) is 0 Å². The summed E-state index contributed by atoms with van der Waals surface area (Å²) >= 11 is 0. The third kappa shape index (κ3) is 2.14. The van der Waals surface area contributed by atoms with Crippen molar-refractivity contribution in [2.24, 2.45) is 0 Å². The predicted molar refractivity (Wildman–Crippen MR) is 40.4 cm³/mol. The van der Waals surface area contributed by atoms with Gasteiger partial charge in [-0.1, -0.05) is 19.9 Å². The second-order valence-electron chi connectivity index (χ2n) is 2.43. The van der Waals surface area contributed by atoms with Crippen molar-refractivity contribution >= 4 is 0 Å². The van der Waals surface area contributed by atoms with Gasteiger partial charge in [0.2, 0.25) is 0 Å². The minimum Gasteiger partial charge on any atom is -0.198 e. The van der Waals surface area contributed by atoms with Gasteiger partial charge in [-0.15, -0.1) is 11.6 Å². The van der Waals surface area contributed by atoms with E-state index in [-0.39, 0.29) is 18.9 Å². The van der Waals surface area contributed by atoms with Crippen molar-refractivity contribution in [3.63, 3.8) is 0 Å². The topological polar surface area (TPSA) is 0 Å². The summed E-state index contributed by atoms with van der Waals surface area (Å²) in [4.78, 5) is 0. The summed E-state index contributed by atoms with van der Waals surface area (Å²) < 4.78 is 0. The Hall–Kier alpha value is -0.313. The molecule has 0 aliphatic carbocycles. The number of hydrogen-bond acceptors (Lipinski definition) is 0. The molecule has 0 radical (unpaired) electrons. The summed E-state index contributed by atoms with van der Waals surface area (Å²) in [6.07, 6.45) is 0. The first-order chi connectivity index (χ1) is 4.20. The van der Waals surface area contributed by atoms with Crippen LogP contribution in [0.15, 0.2) is 18.2 Å². The molecule has 0 unspecified atom stereocenters. The minimum absolute atomic E-state index is 0. The molecule has 0 aromatic heterocycles. The molecule has 1 heteroatoms. The van der Waals surface area contributed by atoms with Gasteiger partial charge in [-0.3, -0.25) is 0 Å². The van der Waals surface area contributed by atoms with E-state index in [4.69, 9.17) is 0 Å². The molecular formula is C9H11Li. The number of benzene rings is 1. The average Bonchev–Trinajstić information content (AvgIpc) is 1.80. The molecule has 10 heavy (non-hydrogen) atoms. The zero-order valence-electron chi connectivity index (χ0n) is 6.94. The van der Waals surface area contributed by atoms with Crippen LogP contribution in [0, 0.1) is 20.8 Å². The predicted octanol–water partition coefficient (Wildman–Crippen LogP) is -0.510. The van der Waals surface area contributed by atoms with Crippen molar-refractivity contribution < 1.29 is 18.9 Å². The van der Waals surface area contributed by atoms with E-state index in [1.165, 1.54) is 11.1 Å². The first-order valence-electron chi connectivity index (χ1n) is 3.09. The molecule has 0 saturated heterocycles. The molecule has 0 bridgehead atoms. The van der Waals surface area contributed by atoms with Crippen molar-refractivity contribution in [2.75, 3.05) is 0 Å². The van der Waals surface area contributed by atoms with Crippen molar-refractivity contribution in [2.45, 2.75) is 13.8 Å². The van der Waals surface area contributed by atoms with Crippen molar-refractivity contribution in [1.82, 2.24) is 0 Å². The Morgan fingerprint density at radius 1 is 1.20 bits per heavy atom. The van der Waals surface area contributed by atoms with Crippen LogP contribution in [-0.2, 0) is 0 Å². The summed E-state index contributed by atoms with van der Waals surface area (Å²) in [6, 6.07) is 6.29. The summed E-state index contributed by atoms with van der Waals surface area (Å²) in [5.41, 5.74) is 3.68. The fraction of sp³-hybridized carbons (Fsp3) is 0.222. The van der Waals surface area contributed by atoms with E-state index in [1.54, 1.807) is 0 Å². The molecule has 0 heterocycles. The van der Waals surface area contributed by atoms with Gasteiger partial charge >= 0.3 is 18.9 Å². The first kappa shape index (κ1) is 9.69. The normalized spacial score (nSPS) is 8.60. The Morgan fingerprint density at radius 2 is 1.80 bits per heavy atom. The fourth-order valence-corrected chi connectivity index (χ4v) is 0.800. The number of aryl methyl sites for hydroxylation is 2. The summed E-state index contributed by atoms with van der Waals surface area (Å²) in [5.74, 6) is 0. The van der Waals surface area contributed by atoms with Crippen LogP contribution in [0.3, 0.4) is 0 Å². The van der Waals surface area contributed by atoms with E-state index in [0.29, 0.717) is 0 Å². The molecule has 0 aliphatic rings. The molecule has 0 saturated carbocycles. The zero-order chi connectivity index (χ0) is 6.85. The largest absolute Gasteiger partial charge is 1.00 e. The van der Waals surface area contributed by atoms with Gasteiger partial charge in [0.15, 0.2) is 0 Å². The van der Waals surface area contributed by atoms with Crippen molar-refractivity contribution in [1.29, 1.82) is 0 Å². The van der Waals surface area contributed by atoms with Gasteiger partial charge in [-0.2, -0.15) is 24.1 Å². The van der Waals surface area contributed by atoms with Crippen LogP contribution in [0.4, 0.5) is 0 Å². The average molecular weight is 126 g/mol. The molecule has 0 atom stereocenters. The van der Waals surface area contributed by atoms with Crippen molar-refractivity contribution in [3.05, 3.63) is 41.8 Å². The van der Waals surface area contributed by atoms with Gasteiger partial charge in [0, 0.05) is 0 Å². The first-order valence-corrected chi connectivity index (χ1v) is 3.09. The second-order valence-corrected chi connectivity index (χ2v) is 2.43. The van der Waals surface area contributed by atoms with Gasteiger partial charge < -0.3 is 0 Å². The molecule has 0 spiro atoms. The van der Waals surface area contributed by atoms with Crippen LogP contribution >= 0.6 is 0 Å². The van der Waals surface area contributed by atoms with E-state index in [9.17, 15) is 0 Å². The Bertz CT molecular complexity index is 216. The smallest absolute Gasteiger partial charge is 0.198 e. The fourth-order valence-electron chi connectivity index (χ4n) is 0.800. The van der Waals surface area contributed by atoms with Crippen LogP contribution in [-0.4, -0.2) is 0 Å². The second kappa shape index (κ2) is 3.76. The molecule has 0 N–H and O–H groups in total. The monoisotopic (exact) mass is 126 g/mol. The van der Waals surface area contributed by atoms with Gasteiger partial charge in [-0.05, 0) is 0 Å². The summed E-state index contributed by atoms with van der Waals surface area (Å²) in [5, 5.41) is 0. The third-order valence-electron chi connectivity index (χ3n) is 1.50. The quantitative estimate of drug-likeness (QED) is 0.324. The van der Waals surface area contributed by atoms with Gasteiger partial charge in [0.25, 0.3) is 0 Å². The molecule has 1 aromatic rings. The number of rotatable bonds is 0. The van der Waals surface area contributed by atoms with E-state index in [0.717, 1.165) is 5.56 Å². The maximum atomic E-state index is 3.88. The van der Waals surface area contributed by atoms with Gasteiger partial charge in [0.05, 0.1) is 0 Å². The molecule has 0 nitrogen and oxygen atoms in total. The maximum Gasteiger partial charge on any atom is 1.00 e. The molecular weight excluding hydrogens is 115 g/mol. The van der Waals surface area contributed by atoms with Crippen LogP contribution in [0.2, 0.25) is 0 Å². The SMILES string of the molecule is [CH2-]c1cc(C)ccc1C.[Li+]. The summed E-state index contributed by atoms with van der Waals surface area (Å²) in [6.45, 7) is 8.03. The molecule has 0 fully saturated rings.